The van der Waals surface area contributed by atoms with Crippen LogP contribution in [0.4, 0.5) is 35.3 Å². The van der Waals surface area contributed by atoms with Crippen molar-refractivity contribution in [3.05, 3.63) is 77.1 Å². The largest absolute Gasteiger partial charge is 0.449 e. The molecule has 1 saturated heterocycles. The average molecular weight is 543 g/mol. The van der Waals surface area contributed by atoms with Crippen LogP contribution in [0.5, 0.6) is 0 Å². The van der Waals surface area contributed by atoms with E-state index in [2.05, 4.69) is 30.7 Å². The summed E-state index contributed by atoms with van der Waals surface area (Å²) in [7, 11) is 0. The molecule has 1 fully saturated rings. The molecule has 9 nitrogen and oxygen atoms in total. The van der Waals surface area contributed by atoms with E-state index in [0.29, 0.717) is 50.8 Å². The fraction of sp³-hybridized carbons (Fsp3) is 0.333. The van der Waals surface area contributed by atoms with Crippen LogP contribution >= 0.6 is 0 Å². The number of amides is 1. The number of ether oxygens (including phenoxy) is 2. The van der Waals surface area contributed by atoms with Gasteiger partial charge in [0.2, 0.25) is 0 Å². The fourth-order valence-corrected chi connectivity index (χ4v) is 3.85. The predicted octanol–water partition coefficient (Wildman–Crippen LogP) is 5.27. The number of halogens is 3. The molecule has 1 aliphatic heterocycles. The molecule has 1 aromatic heterocycles. The van der Waals surface area contributed by atoms with E-state index in [-0.39, 0.29) is 12.3 Å². The minimum Gasteiger partial charge on any atom is -0.449 e. The lowest BCUT2D eigenvalue weighted by molar-refractivity contribution is -0.137. The Hall–Kier alpha value is -4.19. The maximum atomic E-state index is 12.9. The van der Waals surface area contributed by atoms with Crippen LogP contribution in [0.25, 0.3) is 0 Å². The number of rotatable bonds is 9. The van der Waals surface area contributed by atoms with Crippen molar-refractivity contribution in [3.63, 3.8) is 0 Å². The van der Waals surface area contributed by atoms with Gasteiger partial charge < -0.3 is 14.4 Å². The first kappa shape index (κ1) is 27.8. The van der Waals surface area contributed by atoms with Crippen LogP contribution in [0.2, 0.25) is 0 Å². The molecule has 0 spiro atoms. The van der Waals surface area contributed by atoms with E-state index in [0.717, 1.165) is 29.1 Å². The Bertz CT molecular complexity index is 1300. The van der Waals surface area contributed by atoms with Crippen molar-refractivity contribution in [2.45, 2.75) is 25.9 Å². The molecule has 3 aromatic rings. The second kappa shape index (κ2) is 13.1. The maximum Gasteiger partial charge on any atom is 0.416 e. The SMILES string of the molecule is Cc1cccc(C=NNc2cc(N3CCOCC3)nc(CCCOC(=O)Nc3cccc(C(F)(F)F)c3)n2)c1. The molecule has 2 heterocycles. The number of aryl methyl sites for hydroxylation is 2. The van der Waals surface area contributed by atoms with Crippen molar-refractivity contribution in [2.75, 3.05) is 48.6 Å². The number of hydrogen-bond donors (Lipinski definition) is 2. The zero-order valence-corrected chi connectivity index (χ0v) is 21.4. The molecule has 0 saturated carbocycles. The molecule has 0 unspecified atom stereocenters. The van der Waals surface area contributed by atoms with Crippen LogP contribution in [0.1, 0.15) is 28.9 Å². The van der Waals surface area contributed by atoms with Crippen molar-refractivity contribution < 1.29 is 27.4 Å². The molecule has 0 aliphatic carbocycles. The van der Waals surface area contributed by atoms with Gasteiger partial charge in [-0.2, -0.15) is 18.3 Å². The topological polar surface area (TPSA) is 101 Å². The van der Waals surface area contributed by atoms with E-state index >= 15 is 0 Å². The second-order valence-corrected chi connectivity index (χ2v) is 8.85. The van der Waals surface area contributed by atoms with E-state index in [1.807, 2.05) is 37.3 Å². The lowest BCUT2D eigenvalue weighted by Gasteiger charge is -2.28. The number of carbonyl (C=O) groups excluding carboxylic acids is 1. The van der Waals surface area contributed by atoms with Crippen LogP contribution in [-0.4, -0.2) is 55.2 Å². The number of nitrogens with one attached hydrogen (secondary N) is 2. The van der Waals surface area contributed by atoms with Gasteiger partial charge in [-0.05, 0) is 37.1 Å². The fourth-order valence-electron chi connectivity index (χ4n) is 3.85. The van der Waals surface area contributed by atoms with Crippen molar-refractivity contribution in [1.29, 1.82) is 0 Å². The summed E-state index contributed by atoms with van der Waals surface area (Å²) in [6.45, 7) is 4.63. The van der Waals surface area contributed by atoms with Crippen LogP contribution in [-0.2, 0) is 22.1 Å². The first-order chi connectivity index (χ1) is 18.8. The number of carbonyl (C=O) groups is 1. The number of benzene rings is 2. The summed E-state index contributed by atoms with van der Waals surface area (Å²) in [6.07, 6.45) is -2.82. The number of anilines is 3. The molecule has 39 heavy (non-hydrogen) atoms. The molecule has 206 valence electrons. The summed E-state index contributed by atoms with van der Waals surface area (Å²) in [5.74, 6) is 1.79. The number of morpholine rings is 1. The Balaban J connectivity index is 1.34. The predicted molar refractivity (Wildman–Crippen MR) is 142 cm³/mol. The molecule has 0 bridgehead atoms. The van der Waals surface area contributed by atoms with Gasteiger partial charge in [-0.15, -0.1) is 0 Å². The third-order valence-corrected chi connectivity index (χ3v) is 5.74. The summed E-state index contributed by atoms with van der Waals surface area (Å²) in [4.78, 5) is 23.4. The van der Waals surface area contributed by atoms with Crippen molar-refractivity contribution in [3.8, 4) is 0 Å². The molecule has 1 aliphatic rings. The monoisotopic (exact) mass is 542 g/mol. The zero-order chi connectivity index (χ0) is 27.7. The molecular formula is C27H29F3N6O3. The highest BCUT2D eigenvalue weighted by atomic mass is 19.4. The van der Waals surface area contributed by atoms with Gasteiger partial charge in [0.15, 0.2) is 5.82 Å². The standard InChI is InChI=1S/C27H29F3N6O3/c1-19-5-2-6-20(15-19)18-31-35-24-17-25(36-10-13-38-14-11-36)34-23(33-24)9-4-12-39-26(37)32-22-8-3-7-21(16-22)27(28,29)30/h2-3,5-8,15-18H,4,9-14H2,1H3,(H,32,37)(H,33,34,35). The summed E-state index contributed by atoms with van der Waals surface area (Å²) in [5.41, 5.74) is 4.19. The molecule has 2 aromatic carbocycles. The summed E-state index contributed by atoms with van der Waals surface area (Å²) < 4.78 is 49.2. The van der Waals surface area contributed by atoms with Crippen LogP contribution in [0.3, 0.4) is 0 Å². The number of hydrazone groups is 1. The smallest absolute Gasteiger partial charge is 0.416 e. The third kappa shape index (κ3) is 8.67. The maximum absolute atomic E-state index is 12.9. The van der Waals surface area contributed by atoms with Crippen molar-refractivity contribution in [1.82, 2.24) is 9.97 Å². The minimum absolute atomic E-state index is 0.00157. The Kier molecular flexibility index (Phi) is 9.31. The van der Waals surface area contributed by atoms with Gasteiger partial charge in [0.05, 0.1) is 31.6 Å². The van der Waals surface area contributed by atoms with E-state index in [1.165, 1.54) is 12.1 Å². The van der Waals surface area contributed by atoms with E-state index in [1.54, 1.807) is 6.21 Å². The minimum atomic E-state index is -4.50. The highest BCUT2D eigenvalue weighted by molar-refractivity contribution is 5.84. The highest BCUT2D eigenvalue weighted by Gasteiger charge is 2.30. The molecule has 0 radical (unpaired) electrons. The quantitative estimate of drug-likeness (QED) is 0.216. The second-order valence-electron chi connectivity index (χ2n) is 8.85. The molecular weight excluding hydrogens is 513 g/mol. The number of aromatic nitrogens is 2. The van der Waals surface area contributed by atoms with Crippen molar-refractivity contribution >= 4 is 29.6 Å². The van der Waals surface area contributed by atoms with Gasteiger partial charge in [-0.1, -0.05) is 35.9 Å². The lowest BCUT2D eigenvalue weighted by Crippen LogP contribution is -2.37. The van der Waals surface area contributed by atoms with Gasteiger partial charge in [0.1, 0.15) is 11.6 Å². The van der Waals surface area contributed by atoms with Gasteiger partial charge >= 0.3 is 12.3 Å². The molecule has 12 heteroatoms. The Morgan fingerprint density at radius 2 is 1.92 bits per heavy atom. The van der Waals surface area contributed by atoms with Crippen LogP contribution < -0.4 is 15.6 Å². The summed E-state index contributed by atoms with van der Waals surface area (Å²) in [5, 5.41) is 6.62. The van der Waals surface area contributed by atoms with Gasteiger partial charge in [0.25, 0.3) is 0 Å². The Morgan fingerprint density at radius 3 is 2.69 bits per heavy atom. The van der Waals surface area contributed by atoms with Gasteiger partial charge in [-0.3, -0.25) is 10.7 Å². The molecule has 2 N–H and O–H groups in total. The van der Waals surface area contributed by atoms with Crippen molar-refractivity contribution in [2.24, 2.45) is 5.10 Å². The molecule has 0 atom stereocenters. The average Bonchev–Trinajstić information content (AvgIpc) is 2.91. The first-order valence-corrected chi connectivity index (χ1v) is 12.4. The molecule has 4 rings (SSSR count). The first-order valence-electron chi connectivity index (χ1n) is 12.4. The zero-order valence-electron chi connectivity index (χ0n) is 21.4. The number of hydrogen-bond acceptors (Lipinski definition) is 8. The number of alkyl halides is 3. The highest BCUT2D eigenvalue weighted by Crippen LogP contribution is 2.30. The van der Waals surface area contributed by atoms with E-state index < -0.39 is 17.8 Å². The summed E-state index contributed by atoms with van der Waals surface area (Å²) in [6, 6.07) is 14.1. The lowest BCUT2D eigenvalue weighted by atomic mass is 10.2. The van der Waals surface area contributed by atoms with Crippen LogP contribution in [0.15, 0.2) is 59.7 Å². The van der Waals surface area contributed by atoms with Gasteiger partial charge in [0, 0.05) is 31.3 Å². The van der Waals surface area contributed by atoms with Crippen LogP contribution in [0, 0.1) is 6.92 Å². The van der Waals surface area contributed by atoms with Gasteiger partial charge in [-0.25, -0.2) is 14.8 Å². The Labute approximate surface area is 224 Å². The van der Waals surface area contributed by atoms with E-state index in [4.69, 9.17) is 9.47 Å². The third-order valence-electron chi connectivity index (χ3n) is 5.74. The normalized spacial score (nSPS) is 13.9. The Morgan fingerprint density at radius 1 is 1.13 bits per heavy atom. The number of nitrogens with zero attached hydrogens (tertiary/aromatic N) is 4. The summed E-state index contributed by atoms with van der Waals surface area (Å²) >= 11 is 0. The molecule has 1 amide bonds. The van der Waals surface area contributed by atoms with E-state index in [9.17, 15) is 18.0 Å².